The Labute approximate surface area is 161 Å². The highest BCUT2D eigenvalue weighted by molar-refractivity contribution is 5.96. The number of amides is 1. The second kappa shape index (κ2) is 9.67. The monoisotopic (exact) mass is 369 g/mol. The first-order valence-corrected chi connectivity index (χ1v) is 8.91. The summed E-state index contributed by atoms with van der Waals surface area (Å²) in [7, 11) is 4.78. The van der Waals surface area contributed by atoms with Crippen LogP contribution in [0.15, 0.2) is 42.5 Å². The second-order valence-electron chi connectivity index (χ2n) is 6.01. The molecular weight excluding hydrogens is 342 g/mol. The van der Waals surface area contributed by atoms with E-state index in [0.717, 1.165) is 23.3 Å². The lowest BCUT2D eigenvalue weighted by Gasteiger charge is -2.19. The second-order valence-corrected chi connectivity index (χ2v) is 6.01. The number of allylic oxidation sites excluding steroid dienone is 1. The van der Waals surface area contributed by atoms with E-state index in [1.54, 1.807) is 33.5 Å². The lowest BCUT2D eigenvalue weighted by molar-refractivity contribution is 0.0935. The number of methoxy groups -OCH3 is 3. The molecular formula is C22H27NO4. The summed E-state index contributed by atoms with van der Waals surface area (Å²) in [6.07, 6.45) is 4.55. The number of carbonyl (C=O) groups excluding carboxylic acids is 1. The Morgan fingerprint density at radius 3 is 2.30 bits per heavy atom. The van der Waals surface area contributed by atoms with Crippen molar-refractivity contribution in [2.75, 3.05) is 21.3 Å². The number of rotatable bonds is 8. The Morgan fingerprint density at radius 1 is 1.07 bits per heavy atom. The minimum Gasteiger partial charge on any atom is -0.497 e. The fourth-order valence-corrected chi connectivity index (χ4v) is 2.93. The number of hydrogen-bond donors (Lipinski definition) is 1. The summed E-state index contributed by atoms with van der Waals surface area (Å²) in [5, 5.41) is 3.09. The molecule has 0 aliphatic rings. The number of carbonyl (C=O) groups is 1. The molecule has 1 amide bonds. The van der Waals surface area contributed by atoms with Crippen LogP contribution in [0.2, 0.25) is 0 Å². The first-order chi connectivity index (χ1) is 13.1. The van der Waals surface area contributed by atoms with E-state index >= 15 is 0 Å². The van der Waals surface area contributed by atoms with E-state index in [1.165, 1.54) is 0 Å². The van der Waals surface area contributed by atoms with Gasteiger partial charge in [0.05, 0.1) is 27.4 Å². The molecule has 0 aliphatic carbocycles. The first kappa shape index (κ1) is 20.4. The van der Waals surface area contributed by atoms with Crippen molar-refractivity contribution in [3.05, 3.63) is 59.2 Å². The fraction of sp³-hybridized carbons (Fsp3) is 0.318. The average Bonchev–Trinajstić information content (AvgIpc) is 2.71. The maximum atomic E-state index is 12.9. The smallest absolute Gasteiger partial charge is 0.251 e. The molecule has 2 aromatic rings. The topological polar surface area (TPSA) is 56.8 Å². The van der Waals surface area contributed by atoms with Crippen LogP contribution in [-0.2, 0) is 0 Å². The molecule has 0 bridgehead atoms. The molecule has 144 valence electrons. The van der Waals surface area contributed by atoms with Crippen molar-refractivity contribution in [3.8, 4) is 17.2 Å². The molecule has 0 fully saturated rings. The summed E-state index contributed by atoms with van der Waals surface area (Å²) in [5.41, 5.74) is 2.34. The first-order valence-electron chi connectivity index (χ1n) is 8.91. The van der Waals surface area contributed by atoms with Crippen molar-refractivity contribution in [1.29, 1.82) is 0 Å². The van der Waals surface area contributed by atoms with Crippen molar-refractivity contribution < 1.29 is 19.0 Å². The third-order valence-corrected chi connectivity index (χ3v) is 4.35. The van der Waals surface area contributed by atoms with Crippen LogP contribution in [0.5, 0.6) is 17.2 Å². The number of nitrogens with one attached hydrogen (secondary N) is 1. The van der Waals surface area contributed by atoms with Crippen molar-refractivity contribution in [3.63, 3.8) is 0 Å². The van der Waals surface area contributed by atoms with Crippen LogP contribution in [0.4, 0.5) is 0 Å². The maximum Gasteiger partial charge on any atom is 0.251 e. The van der Waals surface area contributed by atoms with Gasteiger partial charge in [-0.05, 0) is 43.2 Å². The van der Waals surface area contributed by atoms with Crippen molar-refractivity contribution >= 4 is 12.0 Å². The fourth-order valence-electron chi connectivity index (χ4n) is 2.93. The molecule has 0 heterocycles. The minimum atomic E-state index is -0.163. The predicted molar refractivity (Wildman–Crippen MR) is 108 cm³/mol. The van der Waals surface area contributed by atoms with Crippen LogP contribution in [0.25, 0.3) is 6.08 Å². The zero-order valence-corrected chi connectivity index (χ0v) is 16.5. The van der Waals surface area contributed by atoms with E-state index in [4.69, 9.17) is 14.2 Å². The summed E-state index contributed by atoms with van der Waals surface area (Å²) in [5.74, 6) is 1.75. The van der Waals surface area contributed by atoms with Gasteiger partial charge in [0.1, 0.15) is 5.75 Å². The molecule has 0 aromatic heterocycles. The summed E-state index contributed by atoms with van der Waals surface area (Å²) in [6.45, 7) is 3.95. The van der Waals surface area contributed by atoms with Gasteiger partial charge in [-0.2, -0.15) is 0 Å². The summed E-state index contributed by atoms with van der Waals surface area (Å²) in [6, 6.07) is 11.1. The largest absolute Gasteiger partial charge is 0.497 e. The van der Waals surface area contributed by atoms with Gasteiger partial charge in [-0.1, -0.05) is 31.2 Å². The van der Waals surface area contributed by atoms with Crippen molar-refractivity contribution in [2.45, 2.75) is 26.3 Å². The number of ether oxygens (including phenoxy) is 3. The predicted octanol–water partition coefficient (Wildman–Crippen LogP) is 4.63. The molecule has 0 saturated carbocycles. The quantitative estimate of drug-likeness (QED) is 0.737. The molecule has 27 heavy (non-hydrogen) atoms. The minimum absolute atomic E-state index is 0.0957. The van der Waals surface area contributed by atoms with E-state index in [-0.39, 0.29) is 11.9 Å². The molecule has 2 aromatic carbocycles. The van der Waals surface area contributed by atoms with E-state index < -0.39 is 0 Å². The highest BCUT2D eigenvalue weighted by Crippen LogP contribution is 2.34. The van der Waals surface area contributed by atoms with Gasteiger partial charge in [-0.25, -0.2) is 0 Å². The SMILES string of the molecule is C/C=C/c1cc(C(=O)N[C@@H](CC)c2ccc(OC)cc2)cc(OC)c1OC. The third-order valence-electron chi connectivity index (χ3n) is 4.35. The van der Waals surface area contributed by atoms with Gasteiger partial charge >= 0.3 is 0 Å². The molecule has 0 aliphatic heterocycles. The van der Waals surface area contributed by atoms with E-state index in [1.807, 2.05) is 50.3 Å². The normalized spacial score (nSPS) is 11.9. The zero-order chi connectivity index (χ0) is 19.8. The third kappa shape index (κ3) is 4.82. The summed E-state index contributed by atoms with van der Waals surface area (Å²) < 4.78 is 16.0. The van der Waals surface area contributed by atoms with E-state index in [2.05, 4.69) is 5.32 Å². The van der Waals surface area contributed by atoms with Gasteiger partial charge in [0.25, 0.3) is 5.91 Å². The Bertz CT molecular complexity index is 797. The van der Waals surface area contributed by atoms with Gasteiger partial charge in [0.2, 0.25) is 0 Å². The summed E-state index contributed by atoms with van der Waals surface area (Å²) >= 11 is 0. The van der Waals surface area contributed by atoms with Crippen molar-refractivity contribution in [1.82, 2.24) is 5.32 Å². The van der Waals surface area contributed by atoms with Crippen LogP contribution >= 0.6 is 0 Å². The van der Waals surface area contributed by atoms with Crippen LogP contribution < -0.4 is 19.5 Å². The van der Waals surface area contributed by atoms with Gasteiger partial charge in [-0.3, -0.25) is 4.79 Å². The van der Waals surface area contributed by atoms with Crippen molar-refractivity contribution in [2.24, 2.45) is 0 Å². The standard InChI is InChI=1S/C22H27NO4/c1-6-8-16-13-17(14-20(26-4)21(16)27-5)22(24)23-19(7-2)15-9-11-18(25-3)12-10-15/h6,8-14,19H,7H2,1-5H3,(H,23,24)/b8-6+/t19-/m0/s1. The Hall–Kier alpha value is -2.95. The van der Waals surface area contributed by atoms with E-state index in [0.29, 0.717) is 17.1 Å². The van der Waals surface area contributed by atoms with Crippen LogP contribution in [-0.4, -0.2) is 27.2 Å². The van der Waals surface area contributed by atoms with Gasteiger partial charge < -0.3 is 19.5 Å². The van der Waals surface area contributed by atoms with Gasteiger partial charge in [-0.15, -0.1) is 0 Å². The van der Waals surface area contributed by atoms with Crippen LogP contribution in [0, 0.1) is 0 Å². The Morgan fingerprint density at radius 2 is 1.78 bits per heavy atom. The molecule has 0 radical (unpaired) electrons. The lowest BCUT2D eigenvalue weighted by Crippen LogP contribution is -2.28. The summed E-state index contributed by atoms with van der Waals surface area (Å²) in [4.78, 5) is 12.9. The molecule has 5 nitrogen and oxygen atoms in total. The molecule has 2 rings (SSSR count). The average molecular weight is 369 g/mol. The molecule has 5 heteroatoms. The van der Waals surface area contributed by atoms with Crippen LogP contribution in [0.1, 0.15) is 47.8 Å². The van der Waals surface area contributed by atoms with Crippen LogP contribution in [0.3, 0.4) is 0 Å². The Kier molecular flexibility index (Phi) is 7.29. The van der Waals surface area contributed by atoms with E-state index in [9.17, 15) is 4.79 Å². The molecule has 0 spiro atoms. The Balaban J connectivity index is 2.30. The van der Waals surface area contributed by atoms with Gasteiger partial charge in [0.15, 0.2) is 11.5 Å². The zero-order valence-electron chi connectivity index (χ0n) is 16.5. The molecule has 1 atom stereocenters. The highest BCUT2D eigenvalue weighted by atomic mass is 16.5. The van der Waals surface area contributed by atoms with Gasteiger partial charge in [0, 0.05) is 11.1 Å². The highest BCUT2D eigenvalue weighted by Gasteiger charge is 2.18. The molecule has 0 saturated heterocycles. The number of benzene rings is 2. The molecule has 1 N–H and O–H groups in total. The maximum absolute atomic E-state index is 12.9. The molecule has 0 unspecified atom stereocenters. The lowest BCUT2D eigenvalue weighted by atomic mass is 10.0. The number of hydrogen-bond acceptors (Lipinski definition) is 4.